The molecule has 4 nitrogen and oxygen atoms in total. The van der Waals surface area contributed by atoms with Gasteiger partial charge in [0.05, 0.1) is 12.2 Å². The molecule has 0 aromatic heterocycles. The van der Waals surface area contributed by atoms with Gasteiger partial charge in [-0.25, -0.2) is 0 Å². The van der Waals surface area contributed by atoms with Gasteiger partial charge >= 0.3 is 0 Å². The summed E-state index contributed by atoms with van der Waals surface area (Å²) in [7, 11) is 0. The van der Waals surface area contributed by atoms with Gasteiger partial charge < -0.3 is 4.74 Å². The lowest BCUT2D eigenvalue weighted by Crippen LogP contribution is -2.23. The molecular weight excluding hydrogens is 284 g/mol. The van der Waals surface area contributed by atoms with Crippen molar-refractivity contribution in [2.45, 2.75) is 6.42 Å². The Morgan fingerprint density at radius 1 is 1.53 bits per heavy atom. The van der Waals surface area contributed by atoms with Crippen molar-refractivity contribution in [2.24, 2.45) is 0 Å². The van der Waals surface area contributed by atoms with Crippen molar-refractivity contribution >= 4 is 21.8 Å². The standard InChI is InChI=1S/C12H9BrN2O2/c13-10-3-1-2-8(6-10)11(16)15-12-9(7-14)4-5-17-12/h1-3,6H,4-5H2,(H,15,16). The fourth-order valence-electron chi connectivity index (χ4n) is 1.48. The number of nitriles is 1. The summed E-state index contributed by atoms with van der Waals surface area (Å²) >= 11 is 3.29. The first-order valence-electron chi connectivity index (χ1n) is 5.03. The smallest absolute Gasteiger partial charge is 0.258 e. The van der Waals surface area contributed by atoms with E-state index in [4.69, 9.17) is 10.00 Å². The lowest BCUT2D eigenvalue weighted by molar-refractivity contribution is 0.0930. The molecule has 0 unspecified atom stereocenters. The van der Waals surface area contributed by atoms with E-state index >= 15 is 0 Å². The summed E-state index contributed by atoms with van der Waals surface area (Å²) in [4.78, 5) is 11.9. The van der Waals surface area contributed by atoms with Crippen LogP contribution in [0, 0.1) is 11.3 Å². The summed E-state index contributed by atoms with van der Waals surface area (Å²) in [5.41, 5.74) is 0.994. The Morgan fingerprint density at radius 2 is 2.35 bits per heavy atom. The number of hydrogen-bond donors (Lipinski definition) is 1. The van der Waals surface area contributed by atoms with Gasteiger partial charge in [-0.05, 0) is 18.2 Å². The predicted molar refractivity (Wildman–Crippen MR) is 64.8 cm³/mol. The molecule has 1 aromatic rings. The highest BCUT2D eigenvalue weighted by Crippen LogP contribution is 2.17. The summed E-state index contributed by atoms with van der Waals surface area (Å²) in [6, 6.07) is 9.02. The van der Waals surface area contributed by atoms with Crippen LogP contribution in [-0.4, -0.2) is 12.5 Å². The zero-order chi connectivity index (χ0) is 12.3. The van der Waals surface area contributed by atoms with Crippen LogP contribution in [0.4, 0.5) is 0 Å². The van der Waals surface area contributed by atoms with Gasteiger partial charge in [-0.15, -0.1) is 0 Å². The molecule has 5 heteroatoms. The van der Waals surface area contributed by atoms with E-state index in [1.165, 1.54) is 0 Å². The second kappa shape index (κ2) is 5.02. The molecule has 0 fully saturated rings. The average molecular weight is 293 g/mol. The van der Waals surface area contributed by atoms with Crippen molar-refractivity contribution < 1.29 is 9.53 Å². The quantitative estimate of drug-likeness (QED) is 0.910. The number of carbonyl (C=O) groups is 1. The molecule has 0 bridgehead atoms. The molecule has 0 saturated heterocycles. The third kappa shape index (κ3) is 2.66. The van der Waals surface area contributed by atoms with Crippen LogP contribution >= 0.6 is 15.9 Å². The van der Waals surface area contributed by atoms with Gasteiger partial charge in [0, 0.05) is 16.5 Å². The molecule has 86 valence electrons. The second-order valence-corrected chi connectivity index (χ2v) is 4.40. The van der Waals surface area contributed by atoms with Crippen LogP contribution in [0.25, 0.3) is 0 Å². The molecule has 1 aliphatic rings. The maximum absolute atomic E-state index is 11.9. The minimum atomic E-state index is -0.282. The third-order valence-electron chi connectivity index (χ3n) is 2.32. The van der Waals surface area contributed by atoms with E-state index in [0.717, 1.165) is 4.47 Å². The van der Waals surface area contributed by atoms with Crippen LogP contribution in [0.3, 0.4) is 0 Å². The highest BCUT2D eigenvalue weighted by atomic mass is 79.9. The van der Waals surface area contributed by atoms with Gasteiger partial charge in [-0.1, -0.05) is 22.0 Å². The van der Waals surface area contributed by atoms with Crippen molar-refractivity contribution in [3.8, 4) is 6.07 Å². The van der Waals surface area contributed by atoms with E-state index in [1.807, 2.05) is 12.1 Å². The van der Waals surface area contributed by atoms with Crippen LogP contribution in [0.2, 0.25) is 0 Å². The molecule has 0 aliphatic carbocycles. The molecule has 17 heavy (non-hydrogen) atoms. The Kier molecular flexibility index (Phi) is 3.45. The molecule has 0 saturated carbocycles. The maximum Gasteiger partial charge on any atom is 0.258 e. The first kappa shape index (κ1) is 11.7. The van der Waals surface area contributed by atoms with Crippen molar-refractivity contribution in [1.82, 2.24) is 5.32 Å². The number of amides is 1. The molecule has 0 atom stereocenters. The lowest BCUT2D eigenvalue weighted by atomic mass is 10.2. The van der Waals surface area contributed by atoms with E-state index < -0.39 is 0 Å². The molecule has 2 rings (SSSR count). The summed E-state index contributed by atoms with van der Waals surface area (Å²) in [5, 5.41) is 11.4. The van der Waals surface area contributed by atoms with Gasteiger partial charge in [0.2, 0.25) is 5.88 Å². The van der Waals surface area contributed by atoms with Crippen LogP contribution in [0.1, 0.15) is 16.8 Å². The fourth-order valence-corrected chi connectivity index (χ4v) is 1.88. The second-order valence-electron chi connectivity index (χ2n) is 3.48. The Hall–Kier alpha value is -1.80. The number of halogens is 1. The number of rotatable bonds is 2. The van der Waals surface area contributed by atoms with Gasteiger partial charge in [-0.3, -0.25) is 10.1 Å². The molecule has 0 radical (unpaired) electrons. The van der Waals surface area contributed by atoms with E-state index in [0.29, 0.717) is 24.2 Å². The summed E-state index contributed by atoms with van der Waals surface area (Å²) in [5.74, 6) is -0.00609. The fraction of sp³-hybridized carbons (Fsp3) is 0.167. The van der Waals surface area contributed by atoms with Crippen molar-refractivity contribution in [1.29, 1.82) is 5.26 Å². The molecular formula is C12H9BrN2O2. The van der Waals surface area contributed by atoms with Crippen molar-refractivity contribution in [3.05, 3.63) is 45.8 Å². The molecule has 0 spiro atoms. The number of nitrogens with zero attached hydrogens (tertiary/aromatic N) is 1. The Morgan fingerprint density at radius 3 is 3.06 bits per heavy atom. The average Bonchev–Trinajstić information content (AvgIpc) is 2.76. The molecule has 1 aromatic carbocycles. The van der Waals surface area contributed by atoms with Crippen LogP contribution in [0.5, 0.6) is 0 Å². The van der Waals surface area contributed by atoms with Gasteiger partial charge in [0.1, 0.15) is 6.07 Å². The predicted octanol–water partition coefficient (Wildman–Crippen LogP) is 2.33. The molecule has 1 N–H and O–H groups in total. The molecule has 1 heterocycles. The van der Waals surface area contributed by atoms with Gasteiger partial charge in [0.25, 0.3) is 5.91 Å². The van der Waals surface area contributed by atoms with E-state index in [-0.39, 0.29) is 11.8 Å². The van der Waals surface area contributed by atoms with Gasteiger partial charge in [0.15, 0.2) is 0 Å². The number of carbonyl (C=O) groups excluding carboxylic acids is 1. The number of nitrogens with one attached hydrogen (secondary N) is 1. The Balaban J connectivity index is 2.15. The zero-order valence-electron chi connectivity index (χ0n) is 8.87. The van der Waals surface area contributed by atoms with E-state index in [1.54, 1.807) is 18.2 Å². The summed E-state index contributed by atoms with van der Waals surface area (Å²) in [6.45, 7) is 0.441. The first-order valence-corrected chi connectivity index (χ1v) is 5.83. The normalized spacial score (nSPS) is 14.1. The minimum Gasteiger partial charge on any atom is -0.478 e. The first-order chi connectivity index (χ1) is 8.20. The van der Waals surface area contributed by atoms with Crippen molar-refractivity contribution in [3.63, 3.8) is 0 Å². The molecule has 1 aliphatic heterocycles. The van der Waals surface area contributed by atoms with E-state index in [9.17, 15) is 4.79 Å². The number of benzene rings is 1. The highest BCUT2D eigenvalue weighted by Gasteiger charge is 2.18. The highest BCUT2D eigenvalue weighted by molar-refractivity contribution is 9.10. The lowest BCUT2D eigenvalue weighted by Gasteiger charge is -2.06. The van der Waals surface area contributed by atoms with E-state index in [2.05, 4.69) is 21.2 Å². The summed E-state index contributed by atoms with van der Waals surface area (Å²) < 4.78 is 6.02. The minimum absolute atomic E-state index is 0.275. The van der Waals surface area contributed by atoms with Crippen molar-refractivity contribution in [2.75, 3.05) is 6.61 Å². The Labute approximate surface area is 107 Å². The van der Waals surface area contributed by atoms with Crippen LogP contribution in [0.15, 0.2) is 40.2 Å². The third-order valence-corrected chi connectivity index (χ3v) is 2.81. The van der Waals surface area contributed by atoms with Crippen LogP contribution < -0.4 is 5.32 Å². The topological polar surface area (TPSA) is 62.1 Å². The maximum atomic E-state index is 11.9. The Bertz CT molecular complexity index is 532. The molecule has 1 amide bonds. The summed E-state index contributed by atoms with van der Waals surface area (Å²) in [6.07, 6.45) is 0.546. The SMILES string of the molecule is N#CC1=C(NC(=O)c2cccc(Br)c2)OCC1. The largest absolute Gasteiger partial charge is 0.478 e. The van der Waals surface area contributed by atoms with Crippen LogP contribution in [-0.2, 0) is 4.74 Å². The van der Waals surface area contributed by atoms with Gasteiger partial charge in [-0.2, -0.15) is 5.26 Å². The monoisotopic (exact) mass is 292 g/mol. The number of ether oxygens (including phenoxy) is 1. The number of hydrogen-bond acceptors (Lipinski definition) is 3. The zero-order valence-corrected chi connectivity index (χ0v) is 10.5.